The third-order valence-electron chi connectivity index (χ3n) is 15.4. The van der Waals surface area contributed by atoms with Crippen molar-refractivity contribution in [2.45, 2.75) is 141 Å². The van der Waals surface area contributed by atoms with E-state index in [9.17, 15) is 34.2 Å². The second-order valence-corrected chi connectivity index (χ2v) is 21.8. The van der Waals surface area contributed by atoms with Crippen LogP contribution in [0.3, 0.4) is 0 Å². The standard InChI is InChI=1S/C59H65NO18/c1-34-40(73-51(65)46(75-54(68)71-32-37-23-15-10-16-24-37)44(38-25-17-11-18-26-38)60-52(66)78-55(3,4)5)30-59(69)49(76-50(64)39-27-19-12-20-28-39)47-57(8,48(63)45(62)43(34)56(59,6)7)41(29-42-58(47,33-72-42)77-35(2)61)74-53(67)70-31-36-21-13-9-14-22-36/h9-28,40-42,44-47,49,62,69H,29-33H2,1-8H3,(H,60,66)/t40-,41-,42+,44-,45+,46+,47?,49-,57+,58-,59+/m0/s1. The molecule has 3 aliphatic carbocycles. The molecule has 2 bridgehead atoms. The quantitative estimate of drug-likeness (QED) is 0.0614. The number of amides is 1. The molecule has 4 aromatic carbocycles. The topological polar surface area (TPSA) is 255 Å². The van der Waals surface area contributed by atoms with Crippen LogP contribution in [0.25, 0.3) is 0 Å². The third-order valence-corrected chi connectivity index (χ3v) is 15.4. The van der Waals surface area contributed by atoms with Crippen molar-refractivity contribution in [2.24, 2.45) is 16.7 Å². The number of carbonyl (C=O) groups excluding carboxylic acids is 7. The summed E-state index contributed by atoms with van der Waals surface area (Å²) in [6, 6.07) is 31.6. The van der Waals surface area contributed by atoms with Crippen molar-refractivity contribution >= 4 is 42.1 Å². The van der Waals surface area contributed by atoms with Crippen molar-refractivity contribution < 1.29 is 86.4 Å². The number of Topliss-reactive ketones (excluding diaryl/α,β-unsaturated/α-hetero) is 1. The summed E-state index contributed by atoms with van der Waals surface area (Å²) in [6.45, 7) is 11.0. The second-order valence-electron chi connectivity index (χ2n) is 21.8. The maximum Gasteiger partial charge on any atom is 0.509 e. The summed E-state index contributed by atoms with van der Waals surface area (Å²) in [5, 5.41) is 29.5. The van der Waals surface area contributed by atoms with E-state index in [0.717, 1.165) is 6.92 Å². The smallest absolute Gasteiger partial charge is 0.455 e. The van der Waals surface area contributed by atoms with Crippen molar-refractivity contribution in [2.75, 3.05) is 6.61 Å². The summed E-state index contributed by atoms with van der Waals surface area (Å²) in [4.78, 5) is 100. The lowest BCUT2D eigenvalue weighted by Gasteiger charge is -2.67. The van der Waals surface area contributed by atoms with Gasteiger partial charge in [0.1, 0.15) is 61.0 Å². The minimum absolute atomic E-state index is 0.0133. The molecule has 19 heteroatoms. The molecule has 78 heavy (non-hydrogen) atoms. The fraction of sp³-hybridized carbons (Fsp3) is 0.441. The fourth-order valence-corrected chi connectivity index (χ4v) is 11.5. The number of nitrogens with one attached hydrogen (secondary N) is 1. The van der Waals surface area contributed by atoms with E-state index in [1.165, 1.54) is 39.8 Å². The lowest BCUT2D eigenvalue weighted by atomic mass is 9.44. The second kappa shape index (κ2) is 22.4. The third kappa shape index (κ3) is 11.2. The van der Waals surface area contributed by atoms with Gasteiger partial charge in [-0.2, -0.15) is 0 Å². The Labute approximate surface area is 451 Å². The monoisotopic (exact) mass is 1080 g/mol. The molecular formula is C59H65NO18. The zero-order chi connectivity index (χ0) is 56.4. The molecule has 1 unspecified atom stereocenters. The Morgan fingerprint density at radius 1 is 0.769 bits per heavy atom. The molecule has 414 valence electrons. The summed E-state index contributed by atoms with van der Waals surface area (Å²) in [7, 11) is 0. The van der Waals surface area contributed by atoms with Gasteiger partial charge >= 0.3 is 36.3 Å². The maximum absolute atomic E-state index is 15.9. The molecule has 0 aromatic heterocycles. The van der Waals surface area contributed by atoms with Crippen molar-refractivity contribution in [1.29, 1.82) is 0 Å². The summed E-state index contributed by atoms with van der Waals surface area (Å²) < 4.78 is 53.6. The number of ether oxygens (including phenoxy) is 9. The van der Waals surface area contributed by atoms with Gasteiger partial charge in [0.25, 0.3) is 0 Å². The van der Waals surface area contributed by atoms with Gasteiger partial charge in [-0.25, -0.2) is 24.0 Å². The van der Waals surface area contributed by atoms with E-state index >= 15 is 9.59 Å². The molecular weight excluding hydrogens is 1010 g/mol. The van der Waals surface area contributed by atoms with E-state index in [0.29, 0.717) is 11.1 Å². The van der Waals surface area contributed by atoms with Crippen molar-refractivity contribution in [1.82, 2.24) is 5.32 Å². The Hall–Kier alpha value is -7.61. The number of fused-ring (bicyclic) bond motifs is 5. The van der Waals surface area contributed by atoms with Crippen molar-refractivity contribution in [3.05, 3.63) is 155 Å². The van der Waals surface area contributed by atoms with E-state index < -0.39 is 131 Å². The number of alkyl carbamates (subject to hydrolysis) is 1. The number of ketones is 1. The van der Waals surface area contributed by atoms with Gasteiger partial charge in [0, 0.05) is 25.2 Å². The first-order valence-electron chi connectivity index (χ1n) is 25.6. The van der Waals surface area contributed by atoms with Crippen LogP contribution < -0.4 is 5.32 Å². The SMILES string of the molecule is CC(=O)O[C@@]12CO[C@@H]1C[C@H](OC(=O)OCc1ccccc1)[C@@]1(C)C(=O)[C@H](O)C3=C(C)[C@@H](OC(=O)[C@H](OC(=O)OCc4ccccc4)[C@@H](NC(=O)OC(C)(C)C)c4ccccc4)C[C@@](O)([C@@H](OC(=O)c4ccccc4)C12)C3(C)C. The predicted octanol–water partition coefficient (Wildman–Crippen LogP) is 7.98. The van der Waals surface area contributed by atoms with E-state index in [1.54, 1.807) is 130 Å². The number of rotatable bonds is 14. The highest BCUT2D eigenvalue weighted by Crippen LogP contribution is 2.64. The first-order valence-corrected chi connectivity index (χ1v) is 25.6. The Morgan fingerprint density at radius 3 is 1.86 bits per heavy atom. The van der Waals surface area contributed by atoms with Crippen LogP contribution in [0.2, 0.25) is 0 Å². The molecule has 4 aliphatic rings. The maximum atomic E-state index is 15.9. The molecule has 1 heterocycles. The predicted molar refractivity (Wildman–Crippen MR) is 275 cm³/mol. The van der Waals surface area contributed by atoms with Gasteiger partial charge in [-0.05, 0) is 74.6 Å². The molecule has 0 spiro atoms. The molecule has 2 saturated carbocycles. The summed E-state index contributed by atoms with van der Waals surface area (Å²) in [5.41, 5.74) is -8.08. The van der Waals surface area contributed by atoms with Gasteiger partial charge in [-0.15, -0.1) is 0 Å². The summed E-state index contributed by atoms with van der Waals surface area (Å²) in [5.74, 6) is -5.83. The lowest BCUT2D eigenvalue weighted by Crippen LogP contribution is -2.82. The van der Waals surface area contributed by atoms with E-state index in [2.05, 4.69) is 5.32 Å². The Bertz CT molecular complexity index is 2910. The van der Waals surface area contributed by atoms with E-state index in [4.69, 9.17) is 42.6 Å². The molecule has 0 radical (unpaired) electrons. The van der Waals surface area contributed by atoms with Gasteiger partial charge in [-0.3, -0.25) is 9.59 Å². The number of aliphatic hydroxyl groups is 2. The van der Waals surface area contributed by atoms with Crippen LogP contribution in [-0.2, 0) is 70.2 Å². The van der Waals surface area contributed by atoms with Crippen LogP contribution in [0, 0.1) is 16.7 Å². The van der Waals surface area contributed by atoms with Crippen LogP contribution in [0.5, 0.6) is 0 Å². The van der Waals surface area contributed by atoms with Crippen molar-refractivity contribution in [3.63, 3.8) is 0 Å². The highest BCUT2D eigenvalue weighted by atomic mass is 16.7. The number of hydrogen-bond donors (Lipinski definition) is 3. The van der Waals surface area contributed by atoms with E-state index in [1.807, 2.05) is 0 Å². The molecule has 4 aromatic rings. The van der Waals surface area contributed by atoms with E-state index in [-0.39, 0.29) is 41.9 Å². The van der Waals surface area contributed by atoms with Crippen LogP contribution in [0.4, 0.5) is 14.4 Å². The first kappa shape index (κ1) is 56.6. The Kier molecular flexibility index (Phi) is 16.2. The van der Waals surface area contributed by atoms with Crippen LogP contribution >= 0.6 is 0 Å². The molecule has 1 aliphatic heterocycles. The number of hydrogen-bond acceptors (Lipinski definition) is 18. The summed E-state index contributed by atoms with van der Waals surface area (Å²) >= 11 is 0. The van der Waals surface area contributed by atoms with Gasteiger partial charge < -0.3 is 58.2 Å². The number of carbonyl (C=O) groups is 7. The largest absolute Gasteiger partial charge is 0.509 e. The lowest BCUT2D eigenvalue weighted by molar-refractivity contribution is -0.346. The molecule has 1 saturated heterocycles. The van der Waals surface area contributed by atoms with Crippen LogP contribution in [-0.4, -0.2) is 112 Å². The average Bonchev–Trinajstić information content (AvgIpc) is 3.40. The minimum Gasteiger partial charge on any atom is -0.455 e. The van der Waals surface area contributed by atoms with Crippen LogP contribution in [0.1, 0.15) is 101 Å². The van der Waals surface area contributed by atoms with Gasteiger partial charge in [0.2, 0.25) is 6.10 Å². The number of esters is 3. The van der Waals surface area contributed by atoms with Gasteiger partial charge in [0.05, 0.1) is 23.5 Å². The Balaban J connectivity index is 1.26. The molecule has 11 atom stereocenters. The normalized spacial score (nSPS) is 27.7. The van der Waals surface area contributed by atoms with Gasteiger partial charge in [-0.1, -0.05) is 123 Å². The molecule has 8 rings (SSSR count). The number of benzene rings is 4. The first-order chi connectivity index (χ1) is 36.9. The zero-order valence-corrected chi connectivity index (χ0v) is 44.6. The molecule has 3 fully saturated rings. The number of aliphatic hydroxyl groups excluding tert-OH is 1. The Morgan fingerprint density at radius 2 is 1.32 bits per heavy atom. The highest BCUT2D eigenvalue weighted by Gasteiger charge is 2.79. The van der Waals surface area contributed by atoms with Crippen molar-refractivity contribution in [3.8, 4) is 0 Å². The fourth-order valence-electron chi connectivity index (χ4n) is 11.5. The molecule has 1 amide bonds. The summed E-state index contributed by atoms with van der Waals surface area (Å²) in [6.07, 6.45) is -15.0. The highest BCUT2D eigenvalue weighted by molar-refractivity contribution is 5.94. The van der Waals surface area contributed by atoms with Gasteiger partial charge in [0.15, 0.2) is 11.4 Å². The zero-order valence-electron chi connectivity index (χ0n) is 44.6. The molecule has 19 nitrogen and oxygen atoms in total. The van der Waals surface area contributed by atoms with Crippen LogP contribution in [0.15, 0.2) is 132 Å². The molecule has 3 N–H and O–H groups in total. The minimum atomic E-state index is -2.54. The average molecular weight is 1080 g/mol.